The van der Waals surface area contributed by atoms with Crippen molar-refractivity contribution in [3.8, 4) is 0 Å². The molecule has 0 spiro atoms. The zero-order chi connectivity index (χ0) is 18.6. The van der Waals surface area contributed by atoms with Crippen LogP contribution in [0.4, 0.5) is 13.2 Å². The van der Waals surface area contributed by atoms with Crippen LogP contribution >= 0.6 is 0 Å². The van der Waals surface area contributed by atoms with Crippen molar-refractivity contribution in [2.75, 3.05) is 7.11 Å². The highest BCUT2D eigenvalue weighted by Crippen LogP contribution is 2.32. The van der Waals surface area contributed by atoms with Crippen LogP contribution in [0.25, 0.3) is 0 Å². The van der Waals surface area contributed by atoms with Gasteiger partial charge in [-0.3, -0.25) is 9.59 Å². The van der Waals surface area contributed by atoms with Gasteiger partial charge in [0.05, 0.1) is 12.7 Å². The molecule has 0 aromatic heterocycles. The van der Waals surface area contributed by atoms with Crippen molar-refractivity contribution in [3.63, 3.8) is 0 Å². The number of halogens is 3. The van der Waals surface area contributed by atoms with E-state index in [1.54, 1.807) is 0 Å². The van der Waals surface area contributed by atoms with E-state index in [1.807, 2.05) is 0 Å². The first-order chi connectivity index (χ1) is 11.7. The number of ether oxygens (including phenoxy) is 1. The maximum Gasteiger partial charge on any atom is 0.416 e. The lowest BCUT2D eigenvalue weighted by atomic mass is 9.99. The molecule has 1 aromatic rings. The highest BCUT2D eigenvalue weighted by Gasteiger charge is 2.35. The normalized spacial score (nSPS) is 18.4. The fourth-order valence-corrected chi connectivity index (χ4v) is 2.61. The highest BCUT2D eigenvalue weighted by molar-refractivity contribution is 5.93. The Morgan fingerprint density at radius 1 is 1.36 bits per heavy atom. The van der Waals surface area contributed by atoms with Gasteiger partial charge in [-0.2, -0.15) is 13.2 Å². The second kappa shape index (κ2) is 7.54. The van der Waals surface area contributed by atoms with Gasteiger partial charge in [0.1, 0.15) is 12.1 Å². The summed E-state index contributed by atoms with van der Waals surface area (Å²) in [7, 11) is 1.08. The molecule has 1 aliphatic rings. The Labute approximate surface area is 141 Å². The molecule has 0 bridgehead atoms. The molecule has 1 fully saturated rings. The van der Waals surface area contributed by atoms with E-state index in [1.165, 1.54) is 18.2 Å². The minimum absolute atomic E-state index is 0.138. The van der Waals surface area contributed by atoms with Crippen molar-refractivity contribution in [1.29, 1.82) is 0 Å². The molecule has 2 rings (SSSR count). The van der Waals surface area contributed by atoms with E-state index in [4.69, 9.17) is 0 Å². The van der Waals surface area contributed by atoms with E-state index < -0.39 is 35.7 Å². The number of nitrogens with one attached hydrogen (secondary N) is 2. The zero-order valence-electron chi connectivity index (χ0n) is 13.4. The number of alkyl halides is 3. The molecule has 1 aliphatic heterocycles. The molecule has 25 heavy (non-hydrogen) atoms. The predicted octanol–water partition coefficient (Wildman–Crippen LogP) is 1.18. The van der Waals surface area contributed by atoms with E-state index in [0.29, 0.717) is 0 Å². The van der Waals surface area contributed by atoms with Crippen molar-refractivity contribution >= 4 is 17.8 Å². The summed E-state index contributed by atoms with van der Waals surface area (Å²) in [6.07, 6.45) is -4.52. The third kappa shape index (κ3) is 4.71. The summed E-state index contributed by atoms with van der Waals surface area (Å²) < 4.78 is 43.8. The number of esters is 1. The quantitative estimate of drug-likeness (QED) is 0.775. The minimum Gasteiger partial charge on any atom is -0.467 e. The van der Waals surface area contributed by atoms with Gasteiger partial charge in [-0.15, -0.1) is 0 Å². The van der Waals surface area contributed by atoms with Crippen molar-refractivity contribution in [3.05, 3.63) is 35.4 Å². The standard InChI is InChI=1S/C16H17F3N2O4/c1-25-15(24)12(21-14(23)11-6-7-13(22)20-11)8-9-4-2-3-5-10(9)16(17,18)19/h2-5,11-12H,6-8H2,1H3,(H,20,22)(H,21,23)/t11-,12+/m1/s1. The Balaban J connectivity index is 2.18. The lowest BCUT2D eigenvalue weighted by molar-refractivity contribution is -0.146. The first-order valence-electron chi connectivity index (χ1n) is 7.55. The first-order valence-corrected chi connectivity index (χ1v) is 7.55. The Kier molecular flexibility index (Phi) is 5.66. The van der Waals surface area contributed by atoms with Gasteiger partial charge in [0.25, 0.3) is 0 Å². The number of benzene rings is 1. The molecule has 6 nitrogen and oxygen atoms in total. The van der Waals surface area contributed by atoms with Crippen LogP contribution in [0.5, 0.6) is 0 Å². The molecule has 1 aromatic carbocycles. The zero-order valence-corrected chi connectivity index (χ0v) is 13.4. The monoisotopic (exact) mass is 358 g/mol. The summed E-state index contributed by atoms with van der Waals surface area (Å²) in [5.74, 6) is -1.79. The Morgan fingerprint density at radius 2 is 2.04 bits per heavy atom. The van der Waals surface area contributed by atoms with Gasteiger partial charge in [-0.05, 0) is 18.1 Å². The van der Waals surface area contributed by atoms with Crippen molar-refractivity contribution < 1.29 is 32.3 Å². The molecule has 1 saturated heterocycles. The Hall–Kier alpha value is -2.58. The summed E-state index contributed by atoms with van der Waals surface area (Å²) in [5.41, 5.74) is -1.02. The van der Waals surface area contributed by atoms with Crippen LogP contribution in [0, 0.1) is 0 Å². The summed E-state index contributed by atoms with van der Waals surface area (Å²) in [6.45, 7) is 0. The van der Waals surface area contributed by atoms with Gasteiger partial charge in [0.2, 0.25) is 11.8 Å². The number of hydrogen-bond donors (Lipinski definition) is 2. The van der Waals surface area contributed by atoms with Gasteiger partial charge < -0.3 is 15.4 Å². The fourth-order valence-electron chi connectivity index (χ4n) is 2.61. The van der Waals surface area contributed by atoms with Gasteiger partial charge in [-0.25, -0.2) is 4.79 Å². The maximum atomic E-state index is 13.1. The molecule has 0 aliphatic carbocycles. The summed E-state index contributed by atoms with van der Waals surface area (Å²) in [4.78, 5) is 35.2. The van der Waals surface area contributed by atoms with Crippen LogP contribution in [-0.4, -0.2) is 37.0 Å². The van der Waals surface area contributed by atoms with Crippen LogP contribution in [0.15, 0.2) is 24.3 Å². The molecule has 9 heteroatoms. The van der Waals surface area contributed by atoms with Crippen LogP contribution in [-0.2, 0) is 31.7 Å². The van der Waals surface area contributed by atoms with Crippen molar-refractivity contribution in [2.45, 2.75) is 37.5 Å². The number of carbonyl (C=O) groups is 3. The highest BCUT2D eigenvalue weighted by atomic mass is 19.4. The first kappa shape index (κ1) is 18.8. The molecule has 2 N–H and O–H groups in total. The van der Waals surface area contributed by atoms with E-state index in [2.05, 4.69) is 15.4 Å². The minimum atomic E-state index is -4.58. The molecular weight excluding hydrogens is 341 g/mol. The fraction of sp³-hybridized carbons (Fsp3) is 0.438. The van der Waals surface area contributed by atoms with Gasteiger partial charge in [-0.1, -0.05) is 18.2 Å². The molecule has 1 heterocycles. The van der Waals surface area contributed by atoms with Gasteiger partial charge in [0.15, 0.2) is 0 Å². The van der Waals surface area contributed by atoms with Crippen LogP contribution in [0.1, 0.15) is 24.0 Å². The second-order valence-electron chi connectivity index (χ2n) is 5.60. The Bertz CT molecular complexity index is 676. The molecule has 2 amide bonds. The number of amides is 2. The number of hydrogen-bond acceptors (Lipinski definition) is 4. The van der Waals surface area contributed by atoms with Gasteiger partial charge >= 0.3 is 12.1 Å². The molecule has 0 unspecified atom stereocenters. The summed E-state index contributed by atoms with van der Waals surface area (Å²) in [5, 5.41) is 4.79. The molecule has 2 atom stereocenters. The number of carbonyl (C=O) groups excluding carboxylic acids is 3. The largest absolute Gasteiger partial charge is 0.467 e. The van der Waals surface area contributed by atoms with Crippen LogP contribution in [0.2, 0.25) is 0 Å². The lowest BCUT2D eigenvalue weighted by Gasteiger charge is -2.21. The summed E-state index contributed by atoms with van der Waals surface area (Å²) >= 11 is 0. The smallest absolute Gasteiger partial charge is 0.416 e. The SMILES string of the molecule is COC(=O)[C@H](Cc1ccccc1C(F)(F)F)NC(=O)[C@H]1CCC(=O)N1. The van der Waals surface area contributed by atoms with Gasteiger partial charge in [0, 0.05) is 12.8 Å². The van der Waals surface area contributed by atoms with Crippen LogP contribution in [0.3, 0.4) is 0 Å². The third-order valence-electron chi connectivity index (χ3n) is 3.86. The molecule has 0 saturated carbocycles. The lowest BCUT2D eigenvalue weighted by Crippen LogP contribution is -2.50. The van der Waals surface area contributed by atoms with E-state index >= 15 is 0 Å². The van der Waals surface area contributed by atoms with E-state index in [0.717, 1.165) is 13.2 Å². The number of rotatable bonds is 5. The van der Waals surface area contributed by atoms with E-state index in [-0.39, 0.29) is 30.7 Å². The van der Waals surface area contributed by atoms with Crippen LogP contribution < -0.4 is 10.6 Å². The topological polar surface area (TPSA) is 84.5 Å². The third-order valence-corrected chi connectivity index (χ3v) is 3.86. The molecular formula is C16H17F3N2O4. The summed E-state index contributed by atoms with van der Waals surface area (Å²) in [6, 6.07) is 2.70. The average molecular weight is 358 g/mol. The Morgan fingerprint density at radius 3 is 2.60 bits per heavy atom. The predicted molar refractivity (Wildman–Crippen MR) is 80.3 cm³/mol. The van der Waals surface area contributed by atoms with E-state index in [9.17, 15) is 27.6 Å². The average Bonchev–Trinajstić information content (AvgIpc) is 2.99. The van der Waals surface area contributed by atoms with Crippen molar-refractivity contribution in [1.82, 2.24) is 10.6 Å². The number of methoxy groups -OCH3 is 1. The molecule has 0 radical (unpaired) electrons. The van der Waals surface area contributed by atoms with Crippen molar-refractivity contribution in [2.24, 2.45) is 0 Å². The molecule has 136 valence electrons. The second-order valence-corrected chi connectivity index (χ2v) is 5.60. The maximum absolute atomic E-state index is 13.1.